The van der Waals surface area contributed by atoms with E-state index >= 15 is 0 Å². The van der Waals surface area contributed by atoms with E-state index in [1.807, 2.05) is 12.1 Å². The van der Waals surface area contributed by atoms with Crippen molar-refractivity contribution in [3.63, 3.8) is 0 Å². The van der Waals surface area contributed by atoms with Crippen LogP contribution in [-0.4, -0.2) is 25.0 Å². The first-order chi connectivity index (χ1) is 11.2. The third-order valence-corrected chi connectivity index (χ3v) is 4.18. The highest BCUT2D eigenvalue weighted by atomic mass is 16.1. The molecule has 1 heterocycles. The van der Waals surface area contributed by atoms with Crippen LogP contribution in [0.15, 0.2) is 54.6 Å². The van der Waals surface area contributed by atoms with E-state index < -0.39 is 0 Å². The highest BCUT2D eigenvalue weighted by Crippen LogP contribution is 2.20. The first kappa shape index (κ1) is 15.6. The lowest BCUT2D eigenvalue weighted by Crippen LogP contribution is -2.32. The van der Waals surface area contributed by atoms with Gasteiger partial charge in [0, 0.05) is 44.0 Å². The Morgan fingerprint density at radius 1 is 1.13 bits per heavy atom. The average Bonchev–Trinajstić information content (AvgIpc) is 3.04. The number of nitrogens with zero attached hydrogens (tertiary/aromatic N) is 1. The molecule has 0 aromatic heterocycles. The molecule has 1 atom stereocenters. The molecule has 1 amide bonds. The number of carbonyl (C=O) groups is 1. The molecular formula is C19H23N3O. The van der Waals surface area contributed by atoms with Crippen molar-refractivity contribution < 1.29 is 4.79 Å². The standard InChI is InChI=1S/C19H23N3O/c1-15(23)21-17-9-7-16(8-10-17)13-20-18-11-12-22(14-18)19-5-3-2-4-6-19/h2-10,18,20H,11-14H2,1H3,(H,21,23)/t18-/m1/s1. The molecule has 0 unspecified atom stereocenters. The van der Waals surface area contributed by atoms with Gasteiger partial charge in [-0.1, -0.05) is 30.3 Å². The minimum atomic E-state index is -0.0390. The molecule has 4 nitrogen and oxygen atoms in total. The number of rotatable bonds is 5. The zero-order valence-corrected chi connectivity index (χ0v) is 13.5. The highest BCUT2D eigenvalue weighted by molar-refractivity contribution is 5.88. The Morgan fingerprint density at radius 3 is 2.57 bits per heavy atom. The third kappa shape index (κ3) is 4.33. The molecule has 0 aliphatic carbocycles. The van der Waals surface area contributed by atoms with Crippen LogP contribution in [0, 0.1) is 0 Å². The topological polar surface area (TPSA) is 44.4 Å². The summed E-state index contributed by atoms with van der Waals surface area (Å²) in [5.41, 5.74) is 3.38. The molecule has 3 rings (SSSR count). The summed E-state index contributed by atoms with van der Waals surface area (Å²) in [7, 11) is 0. The number of nitrogens with one attached hydrogen (secondary N) is 2. The minimum Gasteiger partial charge on any atom is -0.370 e. The van der Waals surface area contributed by atoms with Gasteiger partial charge in [-0.15, -0.1) is 0 Å². The summed E-state index contributed by atoms with van der Waals surface area (Å²) >= 11 is 0. The number of hydrogen-bond donors (Lipinski definition) is 2. The van der Waals surface area contributed by atoms with Gasteiger partial charge in [-0.3, -0.25) is 4.79 Å². The first-order valence-corrected chi connectivity index (χ1v) is 8.10. The van der Waals surface area contributed by atoms with E-state index in [1.54, 1.807) is 0 Å². The van der Waals surface area contributed by atoms with Crippen molar-refractivity contribution in [2.24, 2.45) is 0 Å². The van der Waals surface area contributed by atoms with E-state index in [2.05, 4.69) is 58.0 Å². The molecule has 2 aromatic rings. The summed E-state index contributed by atoms with van der Waals surface area (Å²) in [5.74, 6) is -0.0390. The molecule has 0 bridgehead atoms. The van der Waals surface area contributed by atoms with Crippen LogP contribution in [0.2, 0.25) is 0 Å². The van der Waals surface area contributed by atoms with Crippen LogP contribution >= 0.6 is 0 Å². The van der Waals surface area contributed by atoms with Crippen LogP contribution in [0.25, 0.3) is 0 Å². The maximum atomic E-state index is 11.0. The molecule has 4 heteroatoms. The molecular weight excluding hydrogens is 286 g/mol. The van der Waals surface area contributed by atoms with Crippen molar-refractivity contribution in [2.75, 3.05) is 23.3 Å². The van der Waals surface area contributed by atoms with Crippen molar-refractivity contribution in [1.29, 1.82) is 0 Å². The number of amides is 1. The molecule has 0 saturated carbocycles. The molecule has 2 aromatic carbocycles. The van der Waals surface area contributed by atoms with Crippen LogP contribution < -0.4 is 15.5 Å². The van der Waals surface area contributed by atoms with Crippen LogP contribution in [-0.2, 0) is 11.3 Å². The minimum absolute atomic E-state index is 0.0390. The van der Waals surface area contributed by atoms with Gasteiger partial charge in [-0.05, 0) is 36.2 Å². The van der Waals surface area contributed by atoms with E-state index in [0.29, 0.717) is 6.04 Å². The second-order valence-electron chi connectivity index (χ2n) is 6.03. The zero-order valence-electron chi connectivity index (χ0n) is 13.5. The fourth-order valence-corrected chi connectivity index (χ4v) is 2.97. The van der Waals surface area contributed by atoms with Gasteiger partial charge in [0.1, 0.15) is 0 Å². The molecule has 2 N–H and O–H groups in total. The van der Waals surface area contributed by atoms with E-state index in [4.69, 9.17) is 0 Å². The molecule has 1 fully saturated rings. The Hall–Kier alpha value is -2.33. The monoisotopic (exact) mass is 309 g/mol. The van der Waals surface area contributed by atoms with Crippen LogP contribution in [0.4, 0.5) is 11.4 Å². The lowest BCUT2D eigenvalue weighted by molar-refractivity contribution is -0.114. The second kappa shape index (κ2) is 7.29. The summed E-state index contributed by atoms with van der Waals surface area (Å²) in [6, 6.07) is 19.1. The van der Waals surface area contributed by atoms with Crippen LogP contribution in [0.5, 0.6) is 0 Å². The van der Waals surface area contributed by atoms with Crippen LogP contribution in [0.1, 0.15) is 18.9 Å². The Morgan fingerprint density at radius 2 is 1.87 bits per heavy atom. The number of carbonyl (C=O) groups excluding carboxylic acids is 1. The van der Waals surface area contributed by atoms with E-state index in [1.165, 1.54) is 24.6 Å². The maximum absolute atomic E-state index is 11.0. The van der Waals surface area contributed by atoms with Gasteiger partial charge in [-0.25, -0.2) is 0 Å². The normalized spacial score (nSPS) is 17.3. The van der Waals surface area contributed by atoms with Crippen molar-refractivity contribution in [3.8, 4) is 0 Å². The molecule has 1 aliphatic heterocycles. The summed E-state index contributed by atoms with van der Waals surface area (Å²) in [6.45, 7) is 4.53. The van der Waals surface area contributed by atoms with Crippen molar-refractivity contribution in [3.05, 3.63) is 60.2 Å². The van der Waals surface area contributed by atoms with Gasteiger partial charge < -0.3 is 15.5 Å². The fourth-order valence-electron chi connectivity index (χ4n) is 2.97. The quantitative estimate of drug-likeness (QED) is 0.892. The summed E-state index contributed by atoms with van der Waals surface area (Å²) in [4.78, 5) is 13.4. The summed E-state index contributed by atoms with van der Waals surface area (Å²) < 4.78 is 0. The number of anilines is 2. The number of para-hydroxylation sites is 1. The molecule has 1 aliphatic rings. The zero-order chi connectivity index (χ0) is 16.1. The fraction of sp³-hybridized carbons (Fsp3) is 0.316. The van der Waals surface area contributed by atoms with Gasteiger partial charge >= 0.3 is 0 Å². The second-order valence-corrected chi connectivity index (χ2v) is 6.03. The van der Waals surface area contributed by atoms with E-state index in [0.717, 1.165) is 25.3 Å². The molecule has 0 spiro atoms. The predicted molar refractivity (Wildman–Crippen MR) is 94.6 cm³/mol. The average molecular weight is 309 g/mol. The van der Waals surface area contributed by atoms with Gasteiger partial charge in [-0.2, -0.15) is 0 Å². The van der Waals surface area contributed by atoms with E-state index in [9.17, 15) is 4.79 Å². The Labute approximate surface area is 137 Å². The van der Waals surface area contributed by atoms with E-state index in [-0.39, 0.29) is 5.91 Å². The Balaban J connectivity index is 1.48. The van der Waals surface area contributed by atoms with Crippen molar-refractivity contribution >= 4 is 17.3 Å². The predicted octanol–water partition coefficient (Wildman–Crippen LogP) is 3.01. The molecule has 1 saturated heterocycles. The van der Waals surface area contributed by atoms with Gasteiger partial charge in [0.2, 0.25) is 5.91 Å². The molecule has 120 valence electrons. The summed E-state index contributed by atoms with van der Waals surface area (Å²) in [6.07, 6.45) is 1.17. The molecule has 0 radical (unpaired) electrons. The lowest BCUT2D eigenvalue weighted by Gasteiger charge is -2.19. The number of benzene rings is 2. The van der Waals surface area contributed by atoms with Gasteiger partial charge in [0.05, 0.1) is 0 Å². The lowest BCUT2D eigenvalue weighted by atomic mass is 10.2. The first-order valence-electron chi connectivity index (χ1n) is 8.10. The van der Waals surface area contributed by atoms with Gasteiger partial charge in [0.15, 0.2) is 0 Å². The number of hydrogen-bond acceptors (Lipinski definition) is 3. The van der Waals surface area contributed by atoms with Crippen molar-refractivity contribution in [1.82, 2.24) is 5.32 Å². The highest BCUT2D eigenvalue weighted by Gasteiger charge is 2.21. The largest absolute Gasteiger partial charge is 0.370 e. The SMILES string of the molecule is CC(=O)Nc1ccc(CN[C@@H]2CCN(c3ccccc3)C2)cc1. The molecule has 23 heavy (non-hydrogen) atoms. The Kier molecular flexibility index (Phi) is 4.93. The smallest absolute Gasteiger partial charge is 0.221 e. The van der Waals surface area contributed by atoms with Crippen LogP contribution in [0.3, 0.4) is 0 Å². The van der Waals surface area contributed by atoms with Gasteiger partial charge in [0.25, 0.3) is 0 Å². The summed E-state index contributed by atoms with van der Waals surface area (Å²) in [5, 5.41) is 6.42. The Bertz CT molecular complexity index is 639. The third-order valence-electron chi connectivity index (χ3n) is 4.18. The maximum Gasteiger partial charge on any atom is 0.221 e. The van der Waals surface area contributed by atoms with Crippen molar-refractivity contribution in [2.45, 2.75) is 25.9 Å².